The molecule has 0 radical (unpaired) electrons. The van der Waals surface area contributed by atoms with Crippen LogP contribution in [0.4, 0.5) is 0 Å². The Hall–Kier alpha value is -3.21. The van der Waals surface area contributed by atoms with Crippen LogP contribution in [0.2, 0.25) is 0 Å². The van der Waals surface area contributed by atoms with E-state index < -0.39 is 11.5 Å². The van der Waals surface area contributed by atoms with Crippen LogP contribution in [0.1, 0.15) is 29.0 Å². The van der Waals surface area contributed by atoms with E-state index >= 15 is 0 Å². The number of aromatic nitrogens is 2. The summed E-state index contributed by atoms with van der Waals surface area (Å²) in [6.45, 7) is 1.83. The van der Waals surface area contributed by atoms with Crippen molar-refractivity contribution in [3.63, 3.8) is 0 Å². The summed E-state index contributed by atoms with van der Waals surface area (Å²) in [5.41, 5.74) is 1.97. The summed E-state index contributed by atoms with van der Waals surface area (Å²) in [4.78, 5) is 31.5. The Morgan fingerprint density at radius 3 is 2.46 bits per heavy atom. The second-order valence-corrected chi connectivity index (χ2v) is 5.43. The zero-order valence-electron chi connectivity index (χ0n) is 13.2. The van der Waals surface area contributed by atoms with Crippen molar-refractivity contribution >= 4 is 5.91 Å². The molecule has 5 nitrogen and oxygen atoms in total. The molecule has 2 heterocycles. The van der Waals surface area contributed by atoms with Gasteiger partial charge in [-0.05, 0) is 36.8 Å². The quantitative estimate of drug-likeness (QED) is 0.776. The average molecular weight is 319 g/mol. The molecule has 1 amide bonds. The van der Waals surface area contributed by atoms with Crippen molar-refractivity contribution in [2.24, 2.45) is 0 Å². The maximum atomic E-state index is 12.3. The van der Waals surface area contributed by atoms with Gasteiger partial charge < -0.3 is 10.3 Å². The first-order valence-corrected chi connectivity index (χ1v) is 7.65. The van der Waals surface area contributed by atoms with Crippen LogP contribution in [-0.2, 0) is 0 Å². The van der Waals surface area contributed by atoms with E-state index in [2.05, 4.69) is 15.3 Å². The minimum atomic E-state index is -0.422. The lowest BCUT2D eigenvalue weighted by molar-refractivity contribution is 0.0937. The van der Waals surface area contributed by atoms with Crippen LogP contribution >= 0.6 is 0 Å². The van der Waals surface area contributed by atoms with Crippen molar-refractivity contribution in [1.29, 1.82) is 0 Å². The summed E-state index contributed by atoms with van der Waals surface area (Å²) in [5, 5.41) is 2.79. The van der Waals surface area contributed by atoms with Crippen LogP contribution in [0.3, 0.4) is 0 Å². The highest BCUT2D eigenvalue weighted by Crippen LogP contribution is 2.15. The first kappa shape index (κ1) is 15.7. The highest BCUT2D eigenvalue weighted by Gasteiger charge is 2.15. The highest BCUT2D eigenvalue weighted by atomic mass is 16.2. The van der Waals surface area contributed by atoms with E-state index in [-0.39, 0.29) is 11.6 Å². The highest BCUT2D eigenvalue weighted by molar-refractivity contribution is 5.94. The predicted molar refractivity (Wildman–Crippen MR) is 92.6 cm³/mol. The number of carbonyl (C=O) groups is 1. The van der Waals surface area contributed by atoms with Gasteiger partial charge in [0.05, 0.1) is 11.7 Å². The molecular weight excluding hydrogens is 302 g/mol. The smallest absolute Gasteiger partial charge is 0.261 e. The zero-order chi connectivity index (χ0) is 16.9. The molecule has 0 aliphatic carbocycles. The van der Waals surface area contributed by atoms with Crippen LogP contribution < -0.4 is 10.9 Å². The maximum absolute atomic E-state index is 12.3. The summed E-state index contributed by atoms with van der Waals surface area (Å²) in [7, 11) is 0. The van der Waals surface area contributed by atoms with E-state index in [4.69, 9.17) is 0 Å². The van der Waals surface area contributed by atoms with Gasteiger partial charge in [0.2, 0.25) is 0 Å². The van der Waals surface area contributed by atoms with Gasteiger partial charge in [0.15, 0.2) is 0 Å². The molecule has 2 N–H and O–H groups in total. The number of nitrogens with zero attached hydrogens (tertiary/aromatic N) is 1. The molecule has 0 bridgehead atoms. The normalized spacial score (nSPS) is 11.7. The second kappa shape index (κ2) is 6.91. The molecule has 5 heteroatoms. The molecule has 0 saturated carbocycles. The van der Waals surface area contributed by atoms with Gasteiger partial charge in [-0.2, -0.15) is 0 Å². The summed E-state index contributed by atoms with van der Waals surface area (Å²) in [6.07, 6.45) is 1.67. The summed E-state index contributed by atoms with van der Waals surface area (Å²) < 4.78 is 0. The van der Waals surface area contributed by atoms with Crippen LogP contribution in [0, 0.1) is 0 Å². The van der Waals surface area contributed by atoms with E-state index in [0.717, 1.165) is 11.3 Å². The Morgan fingerprint density at radius 2 is 1.79 bits per heavy atom. The lowest BCUT2D eigenvalue weighted by Crippen LogP contribution is -2.31. The van der Waals surface area contributed by atoms with Crippen LogP contribution in [0.5, 0.6) is 0 Å². The van der Waals surface area contributed by atoms with Gasteiger partial charge in [0.25, 0.3) is 11.5 Å². The first-order valence-electron chi connectivity index (χ1n) is 7.65. The Morgan fingerprint density at radius 1 is 1.04 bits per heavy atom. The Balaban J connectivity index is 1.80. The Labute approximate surface area is 139 Å². The van der Waals surface area contributed by atoms with Gasteiger partial charge in [0, 0.05) is 11.9 Å². The molecule has 0 aliphatic heterocycles. The lowest BCUT2D eigenvalue weighted by Gasteiger charge is -2.13. The first-order chi connectivity index (χ1) is 11.6. The number of benzene rings is 1. The molecule has 0 aliphatic rings. The molecular formula is C19H17N3O2. The third kappa shape index (κ3) is 3.41. The van der Waals surface area contributed by atoms with Crippen molar-refractivity contribution < 1.29 is 4.79 Å². The Kier molecular flexibility index (Phi) is 4.52. The van der Waals surface area contributed by atoms with Crippen molar-refractivity contribution in [2.75, 3.05) is 0 Å². The van der Waals surface area contributed by atoms with Gasteiger partial charge >= 0.3 is 0 Å². The fraction of sp³-hybridized carbons (Fsp3) is 0.105. The van der Waals surface area contributed by atoms with Crippen LogP contribution in [-0.4, -0.2) is 15.9 Å². The summed E-state index contributed by atoms with van der Waals surface area (Å²) in [5.74, 6) is -0.422. The number of pyridine rings is 2. The molecule has 2 aromatic heterocycles. The number of amides is 1. The number of aromatic amines is 1. The molecule has 0 saturated heterocycles. The average Bonchev–Trinajstić information content (AvgIpc) is 2.63. The van der Waals surface area contributed by atoms with Crippen molar-refractivity contribution in [3.05, 3.63) is 88.5 Å². The maximum Gasteiger partial charge on any atom is 0.261 e. The lowest BCUT2D eigenvalue weighted by atomic mass is 10.1. The van der Waals surface area contributed by atoms with Crippen molar-refractivity contribution in [2.45, 2.75) is 13.0 Å². The standard InChI is InChI=1S/C19H17N3O2/c1-13(16-9-5-6-12-20-16)21-18(23)15-10-11-17(22-19(15)24)14-7-3-2-4-8-14/h2-13H,1H3,(H,21,23)(H,22,24)/t13-/m1/s1. The predicted octanol–water partition coefficient (Wildman–Crippen LogP) is 2.93. The second-order valence-electron chi connectivity index (χ2n) is 5.43. The van der Waals surface area contributed by atoms with Gasteiger partial charge in [0.1, 0.15) is 5.56 Å². The number of hydrogen-bond donors (Lipinski definition) is 2. The minimum Gasteiger partial charge on any atom is -0.344 e. The fourth-order valence-corrected chi connectivity index (χ4v) is 2.42. The fourth-order valence-electron chi connectivity index (χ4n) is 2.42. The number of nitrogens with one attached hydrogen (secondary N) is 2. The SMILES string of the molecule is C[C@@H](NC(=O)c1ccc(-c2ccccc2)[nH]c1=O)c1ccccn1. The van der Waals surface area contributed by atoms with E-state index in [1.54, 1.807) is 18.3 Å². The molecule has 0 spiro atoms. The third-order valence-corrected chi connectivity index (χ3v) is 3.72. The molecule has 3 rings (SSSR count). The molecule has 1 atom stereocenters. The summed E-state index contributed by atoms with van der Waals surface area (Å²) >= 11 is 0. The molecule has 24 heavy (non-hydrogen) atoms. The number of rotatable bonds is 4. The van der Waals surface area contributed by atoms with E-state index in [1.807, 2.05) is 55.5 Å². The topological polar surface area (TPSA) is 74.8 Å². The van der Waals surface area contributed by atoms with E-state index in [0.29, 0.717) is 5.69 Å². The van der Waals surface area contributed by atoms with Gasteiger partial charge in [-0.15, -0.1) is 0 Å². The van der Waals surface area contributed by atoms with Crippen LogP contribution in [0.15, 0.2) is 71.7 Å². The molecule has 3 aromatic rings. The van der Waals surface area contributed by atoms with Gasteiger partial charge in [-0.1, -0.05) is 36.4 Å². The molecule has 0 fully saturated rings. The van der Waals surface area contributed by atoms with Crippen molar-refractivity contribution in [3.8, 4) is 11.3 Å². The van der Waals surface area contributed by atoms with Crippen LogP contribution in [0.25, 0.3) is 11.3 Å². The van der Waals surface area contributed by atoms with E-state index in [1.165, 1.54) is 0 Å². The van der Waals surface area contributed by atoms with Gasteiger partial charge in [-0.3, -0.25) is 14.6 Å². The molecule has 0 unspecified atom stereocenters. The number of H-pyrrole nitrogens is 1. The van der Waals surface area contributed by atoms with Crippen molar-refractivity contribution in [1.82, 2.24) is 15.3 Å². The Bertz CT molecular complexity index is 889. The molecule has 120 valence electrons. The molecule has 1 aromatic carbocycles. The number of carbonyl (C=O) groups excluding carboxylic acids is 1. The van der Waals surface area contributed by atoms with E-state index in [9.17, 15) is 9.59 Å². The monoisotopic (exact) mass is 319 g/mol. The largest absolute Gasteiger partial charge is 0.344 e. The minimum absolute atomic E-state index is 0.0810. The third-order valence-electron chi connectivity index (χ3n) is 3.72. The zero-order valence-corrected chi connectivity index (χ0v) is 13.2. The van der Waals surface area contributed by atoms with Gasteiger partial charge in [-0.25, -0.2) is 0 Å². The summed E-state index contributed by atoms with van der Waals surface area (Å²) in [6, 6.07) is 18.0. The number of hydrogen-bond acceptors (Lipinski definition) is 3.